The lowest BCUT2D eigenvalue weighted by Crippen LogP contribution is -2.43. The Kier molecular flexibility index (Phi) is 8.33. The zero-order valence-electron chi connectivity index (χ0n) is 12.3. The first kappa shape index (κ1) is 16.1. The van der Waals surface area contributed by atoms with Crippen molar-refractivity contribution >= 4 is 9.68 Å². The summed E-state index contributed by atoms with van der Waals surface area (Å²) in [5.74, 6) is 0. The smallest absolute Gasteiger partial charge is 0.102 e. The standard InChI is InChI=1S/C13H32N2Si/c1-7-10-11-15(16-13(4,5)6)12-14(8-2)9-3/h7-12,16H2,1-6H3. The molecule has 0 radical (unpaired) electrons. The molecule has 98 valence electrons. The van der Waals surface area contributed by atoms with Gasteiger partial charge in [-0.15, -0.1) is 0 Å². The lowest BCUT2D eigenvalue weighted by Gasteiger charge is -2.33. The Hall–Kier alpha value is 0.137. The van der Waals surface area contributed by atoms with Crippen molar-refractivity contribution in [3.8, 4) is 0 Å². The van der Waals surface area contributed by atoms with E-state index in [9.17, 15) is 0 Å². The number of hydrogen-bond donors (Lipinski definition) is 0. The number of nitrogens with zero attached hydrogens (tertiary/aromatic N) is 2. The summed E-state index contributed by atoms with van der Waals surface area (Å²) < 4.78 is 2.75. The molecule has 0 aliphatic rings. The van der Waals surface area contributed by atoms with Gasteiger partial charge < -0.3 is 4.57 Å². The predicted octanol–water partition coefficient (Wildman–Crippen LogP) is 2.69. The van der Waals surface area contributed by atoms with E-state index in [4.69, 9.17) is 0 Å². The molecule has 0 aromatic heterocycles. The van der Waals surface area contributed by atoms with Crippen LogP contribution in [0.15, 0.2) is 0 Å². The summed E-state index contributed by atoms with van der Waals surface area (Å²) in [6.07, 6.45) is 2.66. The van der Waals surface area contributed by atoms with E-state index in [1.54, 1.807) is 0 Å². The predicted molar refractivity (Wildman–Crippen MR) is 77.7 cm³/mol. The lowest BCUT2D eigenvalue weighted by atomic mass is 10.3. The fourth-order valence-corrected chi connectivity index (χ4v) is 4.06. The molecule has 3 heteroatoms. The summed E-state index contributed by atoms with van der Waals surface area (Å²) in [5, 5.41) is 0.543. The molecular formula is C13H32N2Si. The van der Waals surface area contributed by atoms with Crippen LogP contribution in [0.1, 0.15) is 54.4 Å². The first-order valence-electron chi connectivity index (χ1n) is 6.87. The summed E-state index contributed by atoms with van der Waals surface area (Å²) in [5.41, 5.74) is 0. The maximum Gasteiger partial charge on any atom is 0.102 e. The van der Waals surface area contributed by atoms with Gasteiger partial charge in [-0.3, -0.25) is 4.90 Å². The van der Waals surface area contributed by atoms with Crippen LogP contribution in [0.4, 0.5) is 0 Å². The SMILES string of the molecule is CCCCN(CN(CC)CC)[SiH2]C(C)(C)C. The summed E-state index contributed by atoms with van der Waals surface area (Å²) in [7, 11) is -0.126. The second-order valence-corrected chi connectivity index (χ2v) is 9.24. The van der Waals surface area contributed by atoms with E-state index in [1.165, 1.54) is 39.1 Å². The molecule has 2 nitrogen and oxygen atoms in total. The van der Waals surface area contributed by atoms with E-state index in [2.05, 4.69) is 51.0 Å². The zero-order valence-corrected chi connectivity index (χ0v) is 13.8. The van der Waals surface area contributed by atoms with Gasteiger partial charge in [0, 0.05) is 6.67 Å². The molecule has 16 heavy (non-hydrogen) atoms. The molecule has 0 aliphatic heterocycles. The van der Waals surface area contributed by atoms with Gasteiger partial charge in [0.05, 0.1) is 0 Å². The van der Waals surface area contributed by atoms with Gasteiger partial charge in [0.15, 0.2) is 0 Å². The van der Waals surface area contributed by atoms with Crippen molar-refractivity contribution in [2.75, 3.05) is 26.3 Å². The van der Waals surface area contributed by atoms with Gasteiger partial charge in [0.25, 0.3) is 0 Å². The first-order chi connectivity index (χ1) is 7.42. The highest BCUT2D eigenvalue weighted by Gasteiger charge is 2.18. The molecule has 0 aromatic rings. The van der Waals surface area contributed by atoms with Crippen molar-refractivity contribution in [2.24, 2.45) is 0 Å². The molecule has 0 fully saturated rings. The Morgan fingerprint density at radius 3 is 1.94 bits per heavy atom. The van der Waals surface area contributed by atoms with Crippen molar-refractivity contribution in [1.29, 1.82) is 0 Å². The molecule has 0 rings (SSSR count). The van der Waals surface area contributed by atoms with E-state index >= 15 is 0 Å². The average Bonchev–Trinajstić information content (AvgIpc) is 2.20. The van der Waals surface area contributed by atoms with Gasteiger partial charge in [-0.05, 0) is 31.1 Å². The van der Waals surface area contributed by atoms with Crippen LogP contribution < -0.4 is 0 Å². The maximum atomic E-state index is 2.75. The molecule has 0 saturated carbocycles. The quantitative estimate of drug-likeness (QED) is 0.478. The van der Waals surface area contributed by atoms with Gasteiger partial charge in [-0.1, -0.05) is 48.0 Å². The molecule has 0 unspecified atom stereocenters. The van der Waals surface area contributed by atoms with Crippen LogP contribution in [-0.2, 0) is 0 Å². The van der Waals surface area contributed by atoms with E-state index < -0.39 is 0 Å². The Morgan fingerprint density at radius 2 is 1.56 bits per heavy atom. The zero-order chi connectivity index (χ0) is 12.6. The Labute approximate surface area is 105 Å². The van der Waals surface area contributed by atoms with Gasteiger partial charge in [-0.2, -0.15) is 0 Å². The third-order valence-electron chi connectivity index (χ3n) is 2.82. The number of rotatable bonds is 8. The second kappa shape index (κ2) is 8.26. The van der Waals surface area contributed by atoms with Gasteiger partial charge >= 0.3 is 0 Å². The molecule has 0 N–H and O–H groups in total. The Bertz CT molecular complexity index is 162. The second-order valence-electron chi connectivity index (χ2n) is 5.91. The molecule has 0 amide bonds. The Balaban J connectivity index is 4.18. The topological polar surface area (TPSA) is 6.48 Å². The van der Waals surface area contributed by atoms with Crippen molar-refractivity contribution in [3.63, 3.8) is 0 Å². The van der Waals surface area contributed by atoms with Crippen LogP contribution in [0, 0.1) is 0 Å². The van der Waals surface area contributed by atoms with Crippen LogP contribution in [0.3, 0.4) is 0 Å². The van der Waals surface area contributed by atoms with E-state index in [0.29, 0.717) is 5.04 Å². The summed E-state index contributed by atoms with van der Waals surface area (Å²) in [6.45, 7) is 18.8. The molecule has 0 heterocycles. The molecular weight excluding hydrogens is 212 g/mol. The molecule has 0 aromatic carbocycles. The minimum Gasteiger partial charge on any atom is -0.317 e. The number of hydrogen-bond acceptors (Lipinski definition) is 2. The van der Waals surface area contributed by atoms with Crippen molar-refractivity contribution in [1.82, 2.24) is 9.47 Å². The third-order valence-corrected chi connectivity index (χ3v) is 4.73. The van der Waals surface area contributed by atoms with E-state index in [-0.39, 0.29) is 9.68 Å². The summed E-state index contributed by atoms with van der Waals surface area (Å²) >= 11 is 0. The minimum atomic E-state index is -0.126. The van der Waals surface area contributed by atoms with Crippen LogP contribution in [0.5, 0.6) is 0 Å². The molecule has 0 spiro atoms. The summed E-state index contributed by atoms with van der Waals surface area (Å²) in [4.78, 5) is 2.54. The van der Waals surface area contributed by atoms with Crippen LogP contribution >= 0.6 is 0 Å². The highest BCUT2D eigenvalue weighted by Crippen LogP contribution is 2.21. The molecule has 0 bridgehead atoms. The van der Waals surface area contributed by atoms with Gasteiger partial charge in [-0.25, -0.2) is 0 Å². The fraction of sp³-hybridized carbons (Fsp3) is 1.00. The highest BCUT2D eigenvalue weighted by molar-refractivity contribution is 6.36. The maximum absolute atomic E-state index is 2.75. The van der Waals surface area contributed by atoms with Crippen LogP contribution in [0.2, 0.25) is 5.04 Å². The molecule has 0 atom stereocenters. The van der Waals surface area contributed by atoms with Gasteiger partial charge in [0.2, 0.25) is 0 Å². The van der Waals surface area contributed by atoms with E-state index in [0.717, 1.165) is 0 Å². The van der Waals surface area contributed by atoms with Crippen LogP contribution in [0.25, 0.3) is 0 Å². The molecule has 0 saturated heterocycles. The van der Waals surface area contributed by atoms with Crippen molar-refractivity contribution in [3.05, 3.63) is 0 Å². The van der Waals surface area contributed by atoms with Gasteiger partial charge in [0.1, 0.15) is 9.68 Å². The Morgan fingerprint density at radius 1 is 1.00 bits per heavy atom. The summed E-state index contributed by atoms with van der Waals surface area (Å²) in [6, 6.07) is 0. The van der Waals surface area contributed by atoms with Crippen LogP contribution in [-0.4, -0.2) is 45.4 Å². The first-order valence-corrected chi connectivity index (χ1v) is 8.21. The minimum absolute atomic E-state index is 0.126. The lowest BCUT2D eigenvalue weighted by molar-refractivity contribution is 0.206. The molecule has 0 aliphatic carbocycles. The third kappa shape index (κ3) is 8.31. The monoisotopic (exact) mass is 244 g/mol. The highest BCUT2D eigenvalue weighted by atomic mass is 28.2. The largest absolute Gasteiger partial charge is 0.317 e. The number of unbranched alkanes of at least 4 members (excludes halogenated alkanes) is 1. The average molecular weight is 244 g/mol. The fourth-order valence-electron chi connectivity index (χ4n) is 1.96. The van der Waals surface area contributed by atoms with E-state index in [1.807, 2.05) is 0 Å². The van der Waals surface area contributed by atoms with Crippen molar-refractivity contribution < 1.29 is 0 Å². The van der Waals surface area contributed by atoms with Crippen molar-refractivity contribution in [2.45, 2.75) is 59.4 Å². The normalized spacial score (nSPS) is 13.5.